The normalized spacial score (nSPS) is 10.3. The van der Waals surface area contributed by atoms with Crippen molar-refractivity contribution < 1.29 is 23.6 Å². The molecular weight excluding hydrogens is 253 g/mol. The van der Waals surface area contributed by atoms with Crippen LogP contribution in [0.5, 0.6) is 5.75 Å². The van der Waals surface area contributed by atoms with Crippen LogP contribution in [-0.4, -0.2) is 17.2 Å². The second-order valence-corrected chi connectivity index (χ2v) is 3.96. The fourth-order valence-corrected chi connectivity index (χ4v) is 1.66. The lowest BCUT2D eigenvalue weighted by atomic mass is 9.77. The zero-order valence-corrected chi connectivity index (χ0v) is 9.88. The van der Waals surface area contributed by atoms with Gasteiger partial charge < -0.3 is 14.8 Å². The molecule has 2 rings (SSSR count). The van der Waals surface area contributed by atoms with Crippen molar-refractivity contribution >= 4 is 12.6 Å². The molecule has 0 bridgehead atoms. The minimum Gasteiger partial charge on any atom is -0.489 e. The summed E-state index contributed by atoms with van der Waals surface area (Å²) in [4.78, 5) is 0. The molecule has 0 saturated carbocycles. The van der Waals surface area contributed by atoms with Gasteiger partial charge in [0.2, 0.25) is 0 Å². The molecule has 0 aliphatic carbocycles. The minimum absolute atomic E-state index is 0.0172. The molecule has 3 nitrogen and oxygen atoms in total. The third kappa shape index (κ3) is 3.53. The molecule has 0 fully saturated rings. The lowest BCUT2D eigenvalue weighted by Crippen LogP contribution is -2.34. The standard InChI is InChI=1S/C13H11BF2O3/c15-10-2-1-3-12(6-10)19-8-9-4-5-11(16)7-13(9)14(17)18/h1-7,17-18H,8H2. The zero-order valence-electron chi connectivity index (χ0n) is 9.88. The minimum atomic E-state index is -1.79. The Morgan fingerprint density at radius 2 is 1.74 bits per heavy atom. The number of rotatable bonds is 4. The zero-order chi connectivity index (χ0) is 13.8. The van der Waals surface area contributed by atoms with E-state index in [2.05, 4.69) is 0 Å². The maximum absolute atomic E-state index is 13.0. The highest BCUT2D eigenvalue weighted by Crippen LogP contribution is 2.14. The largest absolute Gasteiger partial charge is 0.489 e. The summed E-state index contributed by atoms with van der Waals surface area (Å²) >= 11 is 0. The Balaban J connectivity index is 2.15. The summed E-state index contributed by atoms with van der Waals surface area (Å²) in [6.07, 6.45) is 0. The van der Waals surface area contributed by atoms with Gasteiger partial charge in [-0.2, -0.15) is 0 Å². The predicted molar refractivity (Wildman–Crippen MR) is 67.0 cm³/mol. The molecule has 2 aromatic rings. The molecule has 6 heteroatoms. The molecule has 0 saturated heterocycles. The Hall–Kier alpha value is -1.92. The number of halogens is 2. The Labute approximate surface area is 109 Å². The van der Waals surface area contributed by atoms with E-state index in [4.69, 9.17) is 14.8 Å². The summed E-state index contributed by atoms with van der Waals surface area (Å²) in [5, 5.41) is 18.3. The molecule has 19 heavy (non-hydrogen) atoms. The molecule has 0 aliphatic rings. The van der Waals surface area contributed by atoms with Crippen molar-refractivity contribution in [2.45, 2.75) is 6.61 Å². The van der Waals surface area contributed by atoms with E-state index in [1.165, 1.54) is 30.3 Å². The van der Waals surface area contributed by atoms with Crippen LogP contribution in [0.4, 0.5) is 8.78 Å². The first-order chi connectivity index (χ1) is 9.06. The Kier molecular flexibility index (Phi) is 4.14. The second kappa shape index (κ2) is 5.82. The topological polar surface area (TPSA) is 49.7 Å². The first-order valence-corrected chi connectivity index (χ1v) is 5.59. The van der Waals surface area contributed by atoms with Gasteiger partial charge >= 0.3 is 7.12 Å². The van der Waals surface area contributed by atoms with Crippen molar-refractivity contribution in [1.29, 1.82) is 0 Å². The molecule has 0 radical (unpaired) electrons. The van der Waals surface area contributed by atoms with E-state index in [-0.39, 0.29) is 12.1 Å². The third-order valence-corrected chi connectivity index (χ3v) is 2.58. The van der Waals surface area contributed by atoms with E-state index >= 15 is 0 Å². The summed E-state index contributed by atoms with van der Waals surface area (Å²) in [5.74, 6) is -0.695. The van der Waals surface area contributed by atoms with Gasteiger partial charge in [-0.1, -0.05) is 12.1 Å². The molecule has 0 spiro atoms. The summed E-state index contributed by atoms with van der Waals surface area (Å²) in [5.41, 5.74) is 0.442. The van der Waals surface area contributed by atoms with E-state index in [9.17, 15) is 8.78 Å². The van der Waals surface area contributed by atoms with Gasteiger partial charge in [-0.05, 0) is 35.3 Å². The number of ether oxygens (including phenoxy) is 1. The van der Waals surface area contributed by atoms with Crippen LogP contribution in [0, 0.1) is 11.6 Å². The van der Waals surface area contributed by atoms with Crippen molar-refractivity contribution in [1.82, 2.24) is 0 Å². The maximum atomic E-state index is 13.0. The lowest BCUT2D eigenvalue weighted by Gasteiger charge is -2.11. The Morgan fingerprint density at radius 3 is 2.42 bits per heavy atom. The molecule has 0 amide bonds. The molecule has 0 aromatic heterocycles. The predicted octanol–water partition coefficient (Wildman–Crippen LogP) is 1.22. The van der Waals surface area contributed by atoms with Gasteiger partial charge in [0.25, 0.3) is 0 Å². The van der Waals surface area contributed by atoms with Crippen LogP contribution in [0.2, 0.25) is 0 Å². The van der Waals surface area contributed by atoms with Crippen LogP contribution in [-0.2, 0) is 6.61 Å². The van der Waals surface area contributed by atoms with Gasteiger partial charge in [0.1, 0.15) is 24.0 Å². The van der Waals surface area contributed by atoms with Crippen LogP contribution in [0.15, 0.2) is 42.5 Å². The van der Waals surface area contributed by atoms with Crippen LogP contribution >= 0.6 is 0 Å². The van der Waals surface area contributed by atoms with E-state index < -0.39 is 18.8 Å². The summed E-state index contributed by atoms with van der Waals surface area (Å²) < 4.78 is 31.3. The van der Waals surface area contributed by atoms with E-state index in [0.29, 0.717) is 11.3 Å². The van der Waals surface area contributed by atoms with Gasteiger partial charge in [0.15, 0.2) is 0 Å². The van der Waals surface area contributed by atoms with Gasteiger partial charge in [0.05, 0.1) is 0 Å². The number of hydrogen-bond acceptors (Lipinski definition) is 3. The lowest BCUT2D eigenvalue weighted by molar-refractivity contribution is 0.304. The quantitative estimate of drug-likeness (QED) is 0.816. The van der Waals surface area contributed by atoms with Gasteiger partial charge in [-0.25, -0.2) is 8.78 Å². The number of benzene rings is 2. The highest BCUT2D eigenvalue weighted by atomic mass is 19.1. The smallest absolute Gasteiger partial charge is 0.488 e. The fourth-order valence-electron chi connectivity index (χ4n) is 1.66. The summed E-state index contributed by atoms with van der Waals surface area (Å²) in [6, 6.07) is 9.17. The molecule has 2 N–H and O–H groups in total. The molecule has 2 aromatic carbocycles. The molecule has 0 atom stereocenters. The third-order valence-electron chi connectivity index (χ3n) is 2.58. The van der Waals surface area contributed by atoms with Crippen molar-refractivity contribution in [3.05, 3.63) is 59.7 Å². The van der Waals surface area contributed by atoms with Crippen LogP contribution in [0.25, 0.3) is 0 Å². The van der Waals surface area contributed by atoms with Gasteiger partial charge in [-0.3, -0.25) is 0 Å². The Bertz CT molecular complexity index is 576. The Morgan fingerprint density at radius 1 is 1.00 bits per heavy atom. The van der Waals surface area contributed by atoms with Crippen molar-refractivity contribution in [3.63, 3.8) is 0 Å². The van der Waals surface area contributed by atoms with Crippen LogP contribution < -0.4 is 10.2 Å². The summed E-state index contributed by atoms with van der Waals surface area (Å²) in [6.45, 7) is -0.0172. The van der Waals surface area contributed by atoms with Crippen molar-refractivity contribution in [2.24, 2.45) is 0 Å². The van der Waals surface area contributed by atoms with Gasteiger partial charge in [0, 0.05) is 6.07 Å². The molecule has 0 heterocycles. The van der Waals surface area contributed by atoms with Crippen LogP contribution in [0.3, 0.4) is 0 Å². The molecular formula is C13H11BF2O3. The van der Waals surface area contributed by atoms with E-state index in [0.717, 1.165) is 6.07 Å². The average Bonchev–Trinajstić information content (AvgIpc) is 2.37. The average molecular weight is 264 g/mol. The first kappa shape index (κ1) is 13.5. The summed E-state index contributed by atoms with van der Waals surface area (Å²) in [7, 11) is -1.79. The van der Waals surface area contributed by atoms with E-state index in [1.54, 1.807) is 6.07 Å². The van der Waals surface area contributed by atoms with E-state index in [1.807, 2.05) is 0 Å². The molecule has 98 valence electrons. The van der Waals surface area contributed by atoms with Gasteiger partial charge in [-0.15, -0.1) is 0 Å². The SMILES string of the molecule is OB(O)c1cc(F)ccc1COc1cccc(F)c1. The van der Waals surface area contributed by atoms with Crippen LogP contribution in [0.1, 0.15) is 5.56 Å². The highest BCUT2D eigenvalue weighted by Gasteiger charge is 2.17. The monoisotopic (exact) mass is 264 g/mol. The number of hydrogen-bond donors (Lipinski definition) is 2. The van der Waals surface area contributed by atoms with Crippen molar-refractivity contribution in [2.75, 3.05) is 0 Å². The maximum Gasteiger partial charge on any atom is 0.488 e. The first-order valence-electron chi connectivity index (χ1n) is 5.59. The fraction of sp³-hybridized carbons (Fsp3) is 0.0769. The van der Waals surface area contributed by atoms with Crippen molar-refractivity contribution in [3.8, 4) is 5.75 Å². The highest BCUT2D eigenvalue weighted by molar-refractivity contribution is 6.59. The second-order valence-electron chi connectivity index (χ2n) is 3.96. The molecule has 0 aliphatic heterocycles. The molecule has 0 unspecified atom stereocenters.